The summed E-state index contributed by atoms with van der Waals surface area (Å²) in [5.74, 6) is 1.25. The predicted octanol–water partition coefficient (Wildman–Crippen LogP) is 1.50. The molecular formula is C20H27N5O3. The Kier molecular flexibility index (Phi) is 6.65. The maximum atomic E-state index is 12.3. The van der Waals surface area contributed by atoms with Crippen LogP contribution in [0.4, 0.5) is 11.6 Å². The molecular weight excluding hydrogens is 358 g/mol. The minimum absolute atomic E-state index is 0.208. The summed E-state index contributed by atoms with van der Waals surface area (Å²) in [6, 6.07) is 9.79. The summed E-state index contributed by atoms with van der Waals surface area (Å²) in [6.45, 7) is 6.10. The first kappa shape index (κ1) is 19.9. The van der Waals surface area contributed by atoms with E-state index in [4.69, 9.17) is 9.47 Å². The van der Waals surface area contributed by atoms with E-state index in [9.17, 15) is 4.79 Å². The molecule has 1 fully saturated rings. The van der Waals surface area contributed by atoms with Crippen LogP contribution in [0, 0.1) is 6.92 Å². The molecule has 1 N–H and O–H groups in total. The fourth-order valence-electron chi connectivity index (χ4n) is 3.13. The van der Waals surface area contributed by atoms with Gasteiger partial charge in [0.1, 0.15) is 11.4 Å². The van der Waals surface area contributed by atoms with Gasteiger partial charge in [-0.1, -0.05) is 0 Å². The summed E-state index contributed by atoms with van der Waals surface area (Å²) in [5.41, 5.74) is 2.33. The number of carbonyl (C=O) groups is 1. The molecule has 1 amide bonds. The number of methoxy groups -OCH3 is 2. The molecule has 150 valence electrons. The Balaban J connectivity index is 1.64. The van der Waals surface area contributed by atoms with E-state index in [2.05, 4.69) is 37.2 Å². The lowest BCUT2D eigenvalue weighted by Gasteiger charge is -2.36. The van der Waals surface area contributed by atoms with Crippen LogP contribution in [0.5, 0.6) is 5.75 Å². The second-order valence-corrected chi connectivity index (χ2v) is 6.62. The molecule has 1 aromatic heterocycles. The lowest BCUT2D eigenvalue weighted by molar-refractivity contribution is 0.0932. The Bertz CT molecular complexity index is 789. The molecule has 0 bridgehead atoms. The van der Waals surface area contributed by atoms with Gasteiger partial charge in [-0.25, -0.2) is 9.97 Å². The number of aromatic nitrogens is 2. The number of hydrogen-bond donors (Lipinski definition) is 1. The van der Waals surface area contributed by atoms with Gasteiger partial charge in [-0.15, -0.1) is 0 Å². The fourth-order valence-corrected chi connectivity index (χ4v) is 3.13. The number of nitrogens with zero attached hydrogens (tertiary/aromatic N) is 4. The molecule has 0 atom stereocenters. The third-order valence-electron chi connectivity index (χ3n) is 4.67. The van der Waals surface area contributed by atoms with Gasteiger partial charge in [-0.3, -0.25) is 4.79 Å². The molecule has 3 rings (SSSR count). The monoisotopic (exact) mass is 385 g/mol. The first-order valence-corrected chi connectivity index (χ1v) is 9.37. The smallest absolute Gasteiger partial charge is 0.270 e. The van der Waals surface area contributed by atoms with Crippen LogP contribution in [0.3, 0.4) is 0 Å². The van der Waals surface area contributed by atoms with E-state index in [1.807, 2.05) is 19.1 Å². The summed E-state index contributed by atoms with van der Waals surface area (Å²) in [5, 5.41) is 2.80. The lowest BCUT2D eigenvalue weighted by Crippen LogP contribution is -2.47. The summed E-state index contributed by atoms with van der Waals surface area (Å²) in [6.07, 6.45) is 0. The number of rotatable bonds is 7. The normalized spacial score (nSPS) is 14.1. The Hall–Kier alpha value is -2.87. The fraction of sp³-hybridized carbons (Fsp3) is 0.450. The standard InChI is InChI=1S/C20H27N5O3/c1-15-14-18(19(26)21-8-13-27-2)23-20(22-15)25-11-9-24(10-12-25)16-4-6-17(28-3)7-5-16/h4-7,14H,8-13H2,1-3H3,(H,21,26). The van der Waals surface area contributed by atoms with Gasteiger partial charge < -0.3 is 24.6 Å². The van der Waals surface area contributed by atoms with E-state index >= 15 is 0 Å². The zero-order valence-corrected chi connectivity index (χ0v) is 16.6. The molecule has 1 aromatic carbocycles. The van der Waals surface area contributed by atoms with Gasteiger partial charge in [0.15, 0.2) is 0 Å². The number of amides is 1. The van der Waals surface area contributed by atoms with Gasteiger partial charge in [0.05, 0.1) is 13.7 Å². The summed E-state index contributed by atoms with van der Waals surface area (Å²) in [4.78, 5) is 25.8. The molecule has 8 heteroatoms. The third kappa shape index (κ3) is 4.89. The van der Waals surface area contributed by atoms with Crippen LogP contribution in [0.1, 0.15) is 16.2 Å². The zero-order chi connectivity index (χ0) is 19.9. The molecule has 0 spiro atoms. The summed E-state index contributed by atoms with van der Waals surface area (Å²) in [7, 11) is 3.27. The number of hydrogen-bond acceptors (Lipinski definition) is 7. The van der Waals surface area contributed by atoms with E-state index in [0.717, 1.165) is 37.6 Å². The summed E-state index contributed by atoms with van der Waals surface area (Å²) >= 11 is 0. The van der Waals surface area contributed by atoms with Gasteiger partial charge in [-0.2, -0.15) is 0 Å². The van der Waals surface area contributed by atoms with Crippen molar-refractivity contribution in [3.63, 3.8) is 0 Å². The SMILES string of the molecule is COCCNC(=O)c1cc(C)nc(N2CCN(c3ccc(OC)cc3)CC2)n1. The minimum Gasteiger partial charge on any atom is -0.497 e. The Labute approximate surface area is 165 Å². The van der Waals surface area contributed by atoms with Crippen LogP contribution in [0.25, 0.3) is 0 Å². The van der Waals surface area contributed by atoms with Crippen LogP contribution >= 0.6 is 0 Å². The number of aryl methyl sites for hydroxylation is 1. The number of piperazine rings is 1. The molecule has 8 nitrogen and oxygen atoms in total. The molecule has 0 saturated carbocycles. The highest BCUT2D eigenvalue weighted by atomic mass is 16.5. The van der Waals surface area contributed by atoms with E-state index in [1.165, 1.54) is 5.69 Å². The molecule has 1 aliphatic heterocycles. The van der Waals surface area contributed by atoms with Crippen molar-refractivity contribution in [2.45, 2.75) is 6.92 Å². The molecule has 0 radical (unpaired) electrons. The number of carbonyl (C=O) groups excluding carboxylic acids is 1. The molecule has 0 aliphatic carbocycles. The van der Waals surface area contributed by atoms with Crippen molar-refractivity contribution in [2.24, 2.45) is 0 Å². The molecule has 1 saturated heterocycles. The summed E-state index contributed by atoms with van der Waals surface area (Å²) < 4.78 is 10.2. The van der Waals surface area contributed by atoms with Crippen molar-refractivity contribution in [2.75, 3.05) is 63.4 Å². The molecule has 28 heavy (non-hydrogen) atoms. The van der Waals surface area contributed by atoms with Crippen LogP contribution in [-0.4, -0.2) is 69.4 Å². The van der Waals surface area contributed by atoms with Crippen LogP contribution < -0.4 is 19.9 Å². The third-order valence-corrected chi connectivity index (χ3v) is 4.67. The van der Waals surface area contributed by atoms with Gasteiger partial charge >= 0.3 is 0 Å². The molecule has 1 aliphatic rings. The van der Waals surface area contributed by atoms with Gasteiger partial charge in [0, 0.05) is 51.2 Å². The highest BCUT2D eigenvalue weighted by molar-refractivity contribution is 5.92. The topological polar surface area (TPSA) is 79.8 Å². The minimum atomic E-state index is -0.208. The second kappa shape index (κ2) is 9.36. The van der Waals surface area contributed by atoms with E-state index in [1.54, 1.807) is 20.3 Å². The number of anilines is 2. The molecule has 2 heterocycles. The first-order chi connectivity index (χ1) is 13.6. The maximum absolute atomic E-state index is 12.3. The predicted molar refractivity (Wildman–Crippen MR) is 108 cm³/mol. The first-order valence-electron chi connectivity index (χ1n) is 9.37. The highest BCUT2D eigenvalue weighted by Gasteiger charge is 2.21. The van der Waals surface area contributed by atoms with E-state index in [0.29, 0.717) is 24.8 Å². The average Bonchev–Trinajstić information content (AvgIpc) is 2.73. The van der Waals surface area contributed by atoms with Crippen LogP contribution in [0.15, 0.2) is 30.3 Å². The number of ether oxygens (including phenoxy) is 2. The maximum Gasteiger partial charge on any atom is 0.270 e. The van der Waals surface area contributed by atoms with Crippen LogP contribution in [-0.2, 0) is 4.74 Å². The highest BCUT2D eigenvalue weighted by Crippen LogP contribution is 2.21. The number of nitrogens with one attached hydrogen (secondary N) is 1. The van der Waals surface area contributed by atoms with Crippen LogP contribution in [0.2, 0.25) is 0 Å². The Morgan fingerprint density at radius 1 is 1.07 bits per heavy atom. The number of benzene rings is 1. The lowest BCUT2D eigenvalue weighted by atomic mass is 10.2. The van der Waals surface area contributed by atoms with Crippen molar-refractivity contribution in [1.29, 1.82) is 0 Å². The molecule has 2 aromatic rings. The van der Waals surface area contributed by atoms with Crippen molar-refractivity contribution in [1.82, 2.24) is 15.3 Å². The Morgan fingerprint density at radius 3 is 2.39 bits per heavy atom. The van der Waals surface area contributed by atoms with Crippen molar-refractivity contribution in [3.8, 4) is 5.75 Å². The van der Waals surface area contributed by atoms with Crippen molar-refractivity contribution >= 4 is 17.5 Å². The molecule has 0 unspecified atom stereocenters. The Morgan fingerprint density at radius 2 is 1.75 bits per heavy atom. The van der Waals surface area contributed by atoms with Gasteiger partial charge in [0.2, 0.25) is 5.95 Å². The van der Waals surface area contributed by atoms with E-state index < -0.39 is 0 Å². The quantitative estimate of drug-likeness (QED) is 0.724. The van der Waals surface area contributed by atoms with E-state index in [-0.39, 0.29) is 5.91 Å². The van der Waals surface area contributed by atoms with Crippen molar-refractivity contribution < 1.29 is 14.3 Å². The zero-order valence-electron chi connectivity index (χ0n) is 16.6. The largest absolute Gasteiger partial charge is 0.497 e. The van der Waals surface area contributed by atoms with Gasteiger partial charge in [-0.05, 0) is 37.3 Å². The van der Waals surface area contributed by atoms with Gasteiger partial charge in [0.25, 0.3) is 5.91 Å². The second-order valence-electron chi connectivity index (χ2n) is 6.62. The van der Waals surface area contributed by atoms with Crippen molar-refractivity contribution in [3.05, 3.63) is 41.7 Å². The average molecular weight is 385 g/mol.